The van der Waals surface area contributed by atoms with Crippen LogP contribution in [0.2, 0.25) is 0 Å². The average Bonchev–Trinajstić information content (AvgIpc) is 1.64. The van der Waals surface area contributed by atoms with E-state index < -0.39 is 6.17 Å². The SMILES string of the molecule is C[C@H]1CNC[C@H](F)C1. The maximum Gasteiger partial charge on any atom is 0.113 e. The maximum absolute atomic E-state index is 12.4. The predicted octanol–water partition coefficient (Wildman–Crippen LogP) is 0.954. The first kappa shape index (κ1) is 6.02. The minimum atomic E-state index is -0.598. The summed E-state index contributed by atoms with van der Waals surface area (Å²) < 4.78 is 12.4. The van der Waals surface area contributed by atoms with Gasteiger partial charge in [0.1, 0.15) is 6.17 Å². The Morgan fingerprint density at radius 3 is 2.62 bits per heavy atom. The smallest absolute Gasteiger partial charge is 0.113 e. The number of rotatable bonds is 0. The summed E-state index contributed by atoms with van der Waals surface area (Å²) in [7, 11) is 0. The molecule has 1 rings (SSSR count). The van der Waals surface area contributed by atoms with Crippen molar-refractivity contribution in [2.45, 2.75) is 19.5 Å². The van der Waals surface area contributed by atoms with Crippen LogP contribution in [0.5, 0.6) is 0 Å². The van der Waals surface area contributed by atoms with Crippen molar-refractivity contribution in [1.82, 2.24) is 5.32 Å². The Balaban J connectivity index is 2.23. The Morgan fingerprint density at radius 1 is 1.50 bits per heavy atom. The van der Waals surface area contributed by atoms with Crippen molar-refractivity contribution in [2.24, 2.45) is 5.92 Å². The molecule has 1 nitrogen and oxygen atoms in total. The number of nitrogens with one attached hydrogen (secondary N) is 1. The fourth-order valence-electron chi connectivity index (χ4n) is 1.09. The lowest BCUT2D eigenvalue weighted by molar-refractivity contribution is 0.224. The van der Waals surface area contributed by atoms with Gasteiger partial charge in [-0.1, -0.05) is 6.92 Å². The second-order valence-electron chi connectivity index (χ2n) is 2.60. The van der Waals surface area contributed by atoms with Crippen LogP contribution in [-0.2, 0) is 0 Å². The topological polar surface area (TPSA) is 12.0 Å². The Kier molecular flexibility index (Phi) is 1.84. The predicted molar refractivity (Wildman–Crippen MR) is 31.5 cm³/mol. The normalized spacial score (nSPS) is 39.8. The van der Waals surface area contributed by atoms with Crippen LogP contribution in [0.4, 0.5) is 4.39 Å². The summed E-state index contributed by atoms with van der Waals surface area (Å²) >= 11 is 0. The molecule has 1 aliphatic heterocycles. The zero-order valence-corrected chi connectivity index (χ0v) is 5.15. The lowest BCUT2D eigenvalue weighted by Crippen LogP contribution is -2.35. The quantitative estimate of drug-likeness (QED) is 0.498. The summed E-state index contributed by atoms with van der Waals surface area (Å²) in [4.78, 5) is 0. The number of alkyl halides is 1. The van der Waals surface area contributed by atoms with Gasteiger partial charge in [0.05, 0.1) is 0 Å². The van der Waals surface area contributed by atoms with E-state index in [1.807, 2.05) is 0 Å². The fourth-order valence-corrected chi connectivity index (χ4v) is 1.09. The molecule has 1 aliphatic rings. The van der Waals surface area contributed by atoms with Crippen molar-refractivity contribution in [2.75, 3.05) is 13.1 Å². The van der Waals surface area contributed by atoms with Crippen LogP contribution in [0, 0.1) is 5.92 Å². The maximum atomic E-state index is 12.4. The number of piperidine rings is 1. The highest BCUT2D eigenvalue weighted by Crippen LogP contribution is 2.11. The van der Waals surface area contributed by atoms with Crippen LogP contribution in [-0.4, -0.2) is 19.3 Å². The van der Waals surface area contributed by atoms with Gasteiger partial charge in [0.2, 0.25) is 0 Å². The third-order valence-electron chi connectivity index (χ3n) is 1.52. The van der Waals surface area contributed by atoms with Crippen LogP contribution < -0.4 is 5.32 Å². The van der Waals surface area contributed by atoms with Gasteiger partial charge in [0, 0.05) is 6.54 Å². The number of hydrogen-bond donors (Lipinski definition) is 1. The van der Waals surface area contributed by atoms with Gasteiger partial charge in [0.15, 0.2) is 0 Å². The first-order valence-electron chi connectivity index (χ1n) is 3.14. The molecular formula is C6H12FN. The van der Waals surface area contributed by atoms with Crippen LogP contribution >= 0.6 is 0 Å². The van der Waals surface area contributed by atoms with E-state index in [0.717, 1.165) is 13.0 Å². The molecule has 0 spiro atoms. The zero-order valence-electron chi connectivity index (χ0n) is 5.15. The molecule has 1 heterocycles. The Labute approximate surface area is 49.3 Å². The lowest BCUT2D eigenvalue weighted by atomic mass is 10.0. The zero-order chi connectivity index (χ0) is 5.98. The van der Waals surface area contributed by atoms with Crippen molar-refractivity contribution < 1.29 is 4.39 Å². The molecule has 0 amide bonds. The third kappa shape index (κ3) is 1.44. The molecule has 0 aromatic rings. The van der Waals surface area contributed by atoms with Crippen molar-refractivity contribution in [3.05, 3.63) is 0 Å². The van der Waals surface area contributed by atoms with Gasteiger partial charge in [-0.2, -0.15) is 0 Å². The molecule has 0 radical (unpaired) electrons. The third-order valence-corrected chi connectivity index (χ3v) is 1.52. The molecule has 1 N–H and O–H groups in total. The molecule has 48 valence electrons. The summed E-state index contributed by atoms with van der Waals surface area (Å²) in [6.07, 6.45) is 0.145. The van der Waals surface area contributed by atoms with Crippen LogP contribution in [0.15, 0.2) is 0 Å². The van der Waals surface area contributed by atoms with E-state index in [2.05, 4.69) is 12.2 Å². The second kappa shape index (κ2) is 2.44. The molecule has 0 aliphatic carbocycles. The molecule has 8 heavy (non-hydrogen) atoms. The highest BCUT2D eigenvalue weighted by atomic mass is 19.1. The highest BCUT2D eigenvalue weighted by molar-refractivity contribution is 4.71. The van der Waals surface area contributed by atoms with Crippen LogP contribution in [0.1, 0.15) is 13.3 Å². The largest absolute Gasteiger partial charge is 0.314 e. The number of halogens is 1. The Hall–Kier alpha value is -0.110. The van der Waals surface area contributed by atoms with Gasteiger partial charge in [-0.3, -0.25) is 0 Å². The molecule has 1 saturated heterocycles. The van der Waals surface area contributed by atoms with E-state index in [4.69, 9.17) is 0 Å². The minimum absolute atomic E-state index is 0.527. The summed E-state index contributed by atoms with van der Waals surface area (Å²) in [5, 5.41) is 3.01. The van der Waals surface area contributed by atoms with Crippen molar-refractivity contribution in [1.29, 1.82) is 0 Å². The molecule has 0 aromatic carbocycles. The average molecular weight is 117 g/mol. The van der Waals surface area contributed by atoms with Crippen molar-refractivity contribution in [3.8, 4) is 0 Å². The van der Waals surface area contributed by atoms with Gasteiger partial charge in [-0.25, -0.2) is 4.39 Å². The van der Waals surface area contributed by atoms with E-state index >= 15 is 0 Å². The van der Waals surface area contributed by atoms with Gasteiger partial charge in [-0.15, -0.1) is 0 Å². The molecule has 0 saturated carbocycles. The molecule has 1 fully saturated rings. The van der Waals surface area contributed by atoms with E-state index in [1.165, 1.54) is 0 Å². The molecule has 0 bridgehead atoms. The molecule has 0 unspecified atom stereocenters. The minimum Gasteiger partial charge on any atom is -0.314 e. The van der Waals surface area contributed by atoms with Crippen LogP contribution in [0.3, 0.4) is 0 Å². The van der Waals surface area contributed by atoms with E-state index in [1.54, 1.807) is 0 Å². The van der Waals surface area contributed by atoms with Crippen LogP contribution in [0.25, 0.3) is 0 Å². The second-order valence-corrected chi connectivity index (χ2v) is 2.60. The van der Waals surface area contributed by atoms with Gasteiger partial charge in [-0.05, 0) is 18.9 Å². The summed E-state index contributed by atoms with van der Waals surface area (Å²) in [5.41, 5.74) is 0. The van der Waals surface area contributed by atoms with Gasteiger partial charge < -0.3 is 5.32 Å². The Morgan fingerprint density at radius 2 is 2.25 bits per heavy atom. The van der Waals surface area contributed by atoms with Gasteiger partial charge >= 0.3 is 0 Å². The molecule has 2 heteroatoms. The van der Waals surface area contributed by atoms with Gasteiger partial charge in [0.25, 0.3) is 0 Å². The van der Waals surface area contributed by atoms with E-state index in [9.17, 15) is 4.39 Å². The van der Waals surface area contributed by atoms with E-state index in [-0.39, 0.29) is 0 Å². The summed E-state index contributed by atoms with van der Waals surface area (Å²) in [5.74, 6) is 0.527. The molecule has 2 atom stereocenters. The first-order chi connectivity index (χ1) is 3.79. The van der Waals surface area contributed by atoms with Crippen molar-refractivity contribution in [3.63, 3.8) is 0 Å². The first-order valence-corrected chi connectivity index (χ1v) is 3.14. The Bertz CT molecular complexity index is 66.9. The summed E-state index contributed by atoms with van der Waals surface area (Å²) in [6, 6.07) is 0. The number of hydrogen-bond acceptors (Lipinski definition) is 1. The highest BCUT2D eigenvalue weighted by Gasteiger charge is 2.16. The lowest BCUT2D eigenvalue weighted by Gasteiger charge is -2.21. The van der Waals surface area contributed by atoms with E-state index in [0.29, 0.717) is 12.5 Å². The van der Waals surface area contributed by atoms with Crippen molar-refractivity contribution >= 4 is 0 Å². The fraction of sp³-hybridized carbons (Fsp3) is 1.00. The molecular weight excluding hydrogens is 105 g/mol. The standard InChI is InChI=1S/C6H12FN/c1-5-2-6(7)4-8-3-5/h5-6,8H,2-4H2,1H3/t5-,6-/m1/s1. The molecule has 0 aromatic heterocycles. The summed E-state index contributed by atoms with van der Waals surface area (Å²) in [6.45, 7) is 3.61. The monoisotopic (exact) mass is 117 g/mol.